The van der Waals surface area contributed by atoms with Crippen molar-refractivity contribution in [3.8, 4) is 11.5 Å². The monoisotopic (exact) mass is 567 g/mol. The summed E-state index contributed by atoms with van der Waals surface area (Å²) in [5.74, 6) is -0.574. The summed E-state index contributed by atoms with van der Waals surface area (Å²) in [6.07, 6.45) is 0.225. The summed E-state index contributed by atoms with van der Waals surface area (Å²) in [4.78, 5) is 12.8. The summed E-state index contributed by atoms with van der Waals surface area (Å²) in [7, 11) is -0.641. The molecule has 0 saturated heterocycles. The van der Waals surface area contributed by atoms with Gasteiger partial charge in [-0.3, -0.25) is 4.79 Å². The molecular formula is C28H42FN3O6S. The lowest BCUT2D eigenvalue weighted by Crippen LogP contribution is -2.49. The molecule has 11 heteroatoms. The second kappa shape index (κ2) is 16.4. The van der Waals surface area contributed by atoms with E-state index in [1.54, 1.807) is 13.2 Å². The van der Waals surface area contributed by atoms with Gasteiger partial charge in [0.25, 0.3) is 0 Å². The average molecular weight is 568 g/mol. The minimum Gasteiger partial charge on any atom is -0.497 e. The Kier molecular flexibility index (Phi) is 13.7. The topological polar surface area (TPSA) is 117 Å². The molecule has 0 radical (unpaired) electrons. The molecule has 0 unspecified atom stereocenters. The number of benzene rings is 2. The van der Waals surface area contributed by atoms with Crippen molar-refractivity contribution in [3.05, 3.63) is 59.4 Å². The summed E-state index contributed by atoms with van der Waals surface area (Å²) in [5.41, 5.74) is 1.50. The van der Waals surface area contributed by atoms with Crippen molar-refractivity contribution < 1.29 is 32.2 Å². The second-order valence-electron chi connectivity index (χ2n) is 9.36. The second-order valence-corrected chi connectivity index (χ2v) is 11.5. The molecule has 2 aromatic carbocycles. The largest absolute Gasteiger partial charge is 0.497 e. The summed E-state index contributed by atoms with van der Waals surface area (Å²) in [6, 6.07) is 11.2. The number of aliphatic hydroxyl groups is 1. The van der Waals surface area contributed by atoms with Crippen LogP contribution >= 0.6 is 0 Å². The van der Waals surface area contributed by atoms with Crippen molar-refractivity contribution >= 4 is 15.9 Å². The molecule has 218 valence electrons. The van der Waals surface area contributed by atoms with E-state index in [0.29, 0.717) is 43.8 Å². The molecule has 0 aliphatic heterocycles. The number of sulfonamides is 1. The Hall–Kier alpha value is -2.73. The number of carbonyl (C=O) groups is 1. The number of carbonyl (C=O) groups excluding carboxylic acids is 1. The fourth-order valence-corrected chi connectivity index (χ4v) is 5.80. The van der Waals surface area contributed by atoms with Crippen molar-refractivity contribution in [3.63, 3.8) is 0 Å². The van der Waals surface area contributed by atoms with E-state index >= 15 is 0 Å². The summed E-state index contributed by atoms with van der Waals surface area (Å²) < 4.78 is 51.5. The maximum absolute atomic E-state index is 14.3. The zero-order valence-electron chi connectivity index (χ0n) is 23.3. The molecule has 0 saturated carbocycles. The molecule has 0 aliphatic carbocycles. The lowest BCUT2D eigenvalue weighted by molar-refractivity contribution is -0.122. The number of hydrogen-bond donors (Lipinski definition) is 3. The van der Waals surface area contributed by atoms with E-state index < -0.39 is 33.9 Å². The smallest absolute Gasteiger partial charge is 0.221 e. The summed E-state index contributed by atoms with van der Waals surface area (Å²) in [5, 5.41) is 16.9. The maximum atomic E-state index is 14.3. The number of nitrogens with one attached hydrogen (secondary N) is 2. The van der Waals surface area contributed by atoms with Crippen LogP contribution in [-0.2, 0) is 27.8 Å². The van der Waals surface area contributed by atoms with Crippen LogP contribution in [0.2, 0.25) is 0 Å². The normalized spacial score (nSPS) is 13.2. The lowest BCUT2D eigenvalue weighted by Gasteiger charge is -2.25. The van der Waals surface area contributed by atoms with Gasteiger partial charge in [0, 0.05) is 32.6 Å². The molecule has 0 aromatic heterocycles. The van der Waals surface area contributed by atoms with Gasteiger partial charge in [-0.25, -0.2) is 17.1 Å². The minimum absolute atomic E-state index is 0.0914. The number of rotatable bonds is 18. The van der Waals surface area contributed by atoms with Crippen molar-refractivity contribution in [2.24, 2.45) is 0 Å². The number of halogens is 1. The third-order valence-electron chi connectivity index (χ3n) is 6.23. The van der Waals surface area contributed by atoms with E-state index in [-0.39, 0.29) is 30.9 Å². The van der Waals surface area contributed by atoms with Crippen LogP contribution in [0.15, 0.2) is 42.5 Å². The van der Waals surface area contributed by atoms with Gasteiger partial charge in [0.1, 0.15) is 5.75 Å². The molecule has 3 N–H and O–H groups in total. The minimum atomic E-state index is -3.60. The van der Waals surface area contributed by atoms with E-state index in [1.165, 1.54) is 23.5 Å². The average Bonchev–Trinajstić information content (AvgIpc) is 2.91. The molecule has 0 aliphatic rings. The standard InChI is InChI=1S/C28H42FN3O6S/c1-5-13-32(14-6-2)39(35,36)15-12-28(34)31-25(18-21-10-11-27(38-4)24(29)17-21)26(33)20-30-19-22-8-7-9-23(16-22)37-3/h7-11,16-17,25-26,30,33H,5-6,12-15,18-20H2,1-4H3,(H,31,34)/t25-,26-/m0/s1. The molecule has 2 rings (SSSR count). The molecule has 0 fully saturated rings. The zero-order valence-corrected chi connectivity index (χ0v) is 24.1. The third kappa shape index (κ3) is 10.7. The van der Waals surface area contributed by atoms with E-state index in [1.807, 2.05) is 38.1 Å². The van der Waals surface area contributed by atoms with Crippen molar-refractivity contribution in [2.45, 2.75) is 58.2 Å². The first-order valence-electron chi connectivity index (χ1n) is 13.2. The van der Waals surface area contributed by atoms with Gasteiger partial charge >= 0.3 is 0 Å². The van der Waals surface area contributed by atoms with Gasteiger partial charge in [0.2, 0.25) is 15.9 Å². The molecule has 1 amide bonds. The van der Waals surface area contributed by atoms with E-state index in [2.05, 4.69) is 10.6 Å². The van der Waals surface area contributed by atoms with Crippen molar-refractivity contribution in [2.75, 3.05) is 39.6 Å². The van der Waals surface area contributed by atoms with Gasteiger partial charge in [-0.15, -0.1) is 0 Å². The Morgan fingerprint density at radius 1 is 1.05 bits per heavy atom. The van der Waals surface area contributed by atoms with E-state index in [4.69, 9.17) is 9.47 Å². The van der Waals surface area contributed by atoms with Crippen LogP contribution in [0.5, 0.6) is 11.5 Å². The van der Waals surface area contributed by atoms with Crippen LogP contribution in [0, 0.1) is 5.82 Å². The Labute approximate surface area is 231 Å². The quantitative estimate of drug-likeness (QED) is 0.254. The van der Waals surface area contributed by atoms with Crippen LogP contribution in [-0.4, -0.2) is 75.5 Å². The molecule has 9 nitrogen and oxygen atoms in total. The van der Waals surface area contributed by atoms with Crippen LogP contribution in [0.25, 0.3) is 0 Å². The van der Waals surface area contributed by atoms with Crippen LogP contribution in [0.4, 0.5) is 4.39 Å². The Morgan fingerprint density at radius 3 is 2.38 bits per heavy atom. The first-order valence-corrected chi connectivity index (χ1v) is 14.9. The molecule has 2 aromatic rings. The highest BCUT2D eigenvalue weighted by molar-refractivity contribution is 7.89. The van der Waals surface area contributed by atoms with Gasteiger partial charge in [0.15, 0.2) is 11.6 Å². The predicted octanol–water partition coefficient (Wildman–Crippen LogP) is 2.86. The number of methoxy groups -OCH3 is 2. The fraction of sp³-hybridized carbons (Fsp3) is 0.536. The molecule has 0 spiro atoms. The summed E-state index contributed by atoms with van der Waals surface area (Å²) in [6.45, 7) is 5.21. The Morgan fingerprint density at radius 2 is 1.77 bits per heavy atom. The Bertz CT molecular complexity index is 1140. The molecule has 0 heterocycles. The highest BCUT2D eigenvalue weighted by Gasteiger charge is 2.25. The first kappa shape index (κ1) is 32.5. The van der Waals surface area contributed by atoms with E-state index in [9.17, 15) is 22.7 Å². The van der Waals surface area contributed by atoms with Gasteiger partial charge < -0.3 is 25.2 Å². The molecule has 0 bridgehead atoms. The number of aliphatic hydroxyl groups excluding tert-OH is 1. The van der Waals surface area contributed by atoms with Crippen molar-refractivity contribution in [1.29, 1.82) is 0 Å². The van der Waals surface area contributed by atoms with Gasteiger partial charge in [-0.2, -0.15) is 0 Å². The summed E-state index contributed by atoms with van der Waals surface area (Å²) >= 11 is 0. The maximum Gasteiger partial charge on any atom is 0.221 e. The molecular weight excluding hydrogens is 525 g/mol. The number of nitrogens with zero attached hydrogens (tertiary/aromatic N) is 1. The third-order valence-corrected chi connectivity index (χ3v) is 8.10. The van der Waals surface area contributed by atoms with Crippen LogP contribution < -0.4 is 20.1 Å². The van der Waals surface area contributed by atoms with Gasteiger partial charge in [-0.1, -0.05) is 32.0 Å². The molecule has 2 atom stereocenters. The molecule has 39 heavy (non-hydrogen) atoms. The first-order chi connectivity index (χ1) is 18.6. The highest BCUT2D eigenvalue weighted by Crippen LogP contribution is 2.19. The predicted molar refractivity (Wildman–Crippen MR) is 150 cm³/mol. The fourth-order valence-electron chi connectivity index (χ4n) is 4.18. The SMILES string of the molecule is CCCN(CCC)S(=O)(=O)CCC(=O)N[C@@H](Cc1ccc(OC)c(F)c1)[C@@H](O)CNCc1cccc(OC)c1. The Balaban J connectivity index is 2.08. The number of hydrogen-bond acceptors (Lipinski definition) is 7. The van der Waals surface area contributed by atoms with Gasteiger partial charge in [0.05, 0.1) is 32.1 Å². The number of ether oxygens (including phenoxy) is 2. The van der Waals surface area contributed by atoms with Crippen LogP contribution in [0.3, 0.4) is 0 Å². The van der Waals surface area contributed by atoms with Gasteiger partial charge in [-0.05, 0) is 54.7 Å². The van der Waals surface area contributed by atoms with Crippen molar-refractivity contribution in [1.82, 2.24) is 14.9 Å². The van der Waals surface area contributed by atoms with E-state index in [0.717, 1.165) is 5.56 Å². The highest BCUT2D eigenvalue weighted by atomic mass is 32.2. The zero-order chi connectivity index (χ0) is 28.8. The number of amides is 1. The lowest BCUT2D eigenvalue weighted by atomic mass is 10.0. The van der Waals surface area contributed by atoms with Crippen LogP contribution in [0.1, 0.15) is 44.2 Å².